The van der Waals surface area contributed by atoms with Gasteiger partial charge in [0, 0.05) is 25.0 Å². The molecule has 0 aliphatic carbocycles. The number of hydrogen-bond acceptors (Lipinski definition) is 8. The van der Waals surface area contributed by atoms with Crippen LogP contribution in [0.5, 0.6) is 0 Å². The second-order valence-electron chi connectivity index (χ2n) is 12.9. The molecule has 6 aromatic rings. The lowest BCUT2D eigenvalue weighted by Crippen LogP contribution is -2.43. The third-order valence-electron chi connectivity index (χ3n) is 9.12. The van der Waals surface area contributed by atoms with Gasteiger partial charge in [-0.3, -0.25) is 38.6 Å². The van der Waals surface area contributed by atoms with Crippen LogP contribution in [0.25, 0.3) is 21.5 Å². The molecule has 0 N–H and O–H groups in total. The zero-order chi connectivity index (χ0) is 40.2. The Kier molecular flexibility index (Phi) is 14.5. The number of nitrogens with zero attached hydrogens (tertiary/aromatic N) is 2. The summed E-state index contributed by atoms with van der Waals surface area (Å²) in [5, 5.41) is 2.00. The van der Waals surface area contributed by atoms with Crippen molar-refractivity contribution in [1.29, 1.82) is 0 Å². The highest BCUT2D eigenvalue weighted by molar-refractivity contribution is 8.01. The van der Waals surface area contributed by atoms with Crippen LogP contribution in [0.4, 0.5) is 0 Å². The summed E-state index contributed by atoms with van der Waals surface area (Å²) in [5.74, 6) is -2.30. The van der Waals surface area contributed by atoms with Crippen molar-refractivity contribution in [3.05, 3.63) is 168 Å². The Morgan fingerprint density at radius 2 is 0.768 bits per heavy atom. The number of fused-ring (bicyclic) bond motifs is 2. The van der Waals surface area contributed by atoms with Crippen molar-refractivity contribution in [2.45, 2.75) is 37.4 Å². The van der Waals surface area contributed by atoms with E-state index in [2.05, 4.69) is 0 Å². The molecule has 0 spiro atoms. The van der Waals surface area contributed by atoms with Gasteiger partial charge in [0.2, 0.25) is 11.8 Å². The standard InChI is InChI=1S/2C23H21NO3S/c2*1-16(25)24(15-17-8-4-3-5-9-17)23(27)22(28-2)21(26)20-13-12-18-10-6-7-11-19(18)14-20/h2*3-14,22H,15H2,1-2H3/t2*22-/m10/s1. The molecule has 0 saturated carbocycles. The SMILES string of the molecule is CS[C@@H](C(=O)c1ccc2ccccc2c1)C(=O)N(Cc1ccccc1)C(C)=O.CS[C@H](C(=O)c1ccc2ccccc2c1)C(=O)N(Cc1ccccc1)C(C)=O. The van der Waals surface area contributed by atoms with E-state index in [0.29, 0.717) is 11.1 Å². The van der Waals surface area contributed by atoms with Crippen molar-refractivity contribution >= 4 is 80.3 Å². The second-order valence-corrected chi connectivity index (χ2v) is 14.8. The van der Waals surface area contributed by atoms with Gasteiger partial charge in [-0.15, -0.1) is 23.5 Å². The van der Waals surface area contributed by atoms with Gasteiger partial charge in [-0.05, 0) is 57.3 Å². The summed E-state index contributed by atoms with van der Waals surface area (Å²) in [6, 6.07) is 44.8. The third-order valence-corrected chi connectivity index (χ3v) is 10.9. The topological polar surface area (TPSA) is 109 Å². The molecule has 0 unspecified atom stereocenters. The highest BCUT2D eigenvalue weighted by atomic mass is 32.2. The molecule has 0 saturated heterocycles. The second kappa shape index (κ2) is 19.7. The average Bonchev–Trinajstić information content (AvgIpc) is 3.22. The number of thioether (sulfide) groups is 2. The minimum absolute atomic E-state index is 0.150. The predicted octanol–water partition coefficient (Wildman–Crippen LogP) is 8.66. The molecule has 0 aliphatic heterocycles. The van der Waals surface area contributed by atoms with Gasteiger partial charge >= 0.3 is 0 Å². The Labute approximate surface area is 335 Å². The molecule has 2 atom stereocenters. The monoisotopic (exact) mass is 782 g/mol. The van der Waals surface area contributed by atoms with Crippen molar-refractivity contribution in [3.8, 4) is 0 Å². The Morgan fingerprint density at radius 1 is 0.446 bits per heavy atom. The molecule has 8 nitrogen and oxygen atoms in total. The Hall–Kier alpha value is -5.84. The Balaban J connectivity index is 0.000000214. The summed E-state index contributed by atoms with van der Waals surface area (Å²) >= 11 is 2.30. The number of ketones is 2. The lowest BCUT2D eigenvalue weighted by Gasteiger charge is -2.23. The number of rotatable bonds is 12. The van der Waals surface area contributed by atoms with E-state index in [1.54, 1.807) is 36.8 Å². The van der Waals surface area contributed by atoms with Crippen LogP contribution in [0.3, 0.4) is 0 Å². The number of imide groups is 2. The summed E-state index contributed by atoms with van der Waals surface area (Å²) in [5.41, 5.74) is 2.61. The van der Waals surface area contributed by atoms with Crippen molar-refractivity contribution in [3.63, 3.8) is 0 Å². The molecule has 56 heavy (non-hydrogen) atoms. The van der Waals surface area contributed by atoms with E-state index in [4.69, 9.17) is 0 Å². The van der Waals surface area contributed by atoms with Gasteiger partial charge in [-0.1, -0.05) is 133 Å². The van der Waals surface area contributed by atoms with E-state index < -0.39 is 22.3 Å². The van der Waals surface area contributed by atoms with Crippen molar-refractivity contribution in [1.82, 2.24) is 9.80 Å². The largest absolute Gasteiger partial charge is 0.292 e. The molecule has 284 valence electrons. The maximum Gasteiger partial charge on any atom is 0.250 e. The van der Waals surface area contributed by atoms with Crippen LogP contribution in [0.1, 0.15) is 45.7 Å². The first-order valence-corrected chi connectivity index (χ1v) is 20.4. The summed E-state index contributed by atoms with van der Waals surface area (Å²) in [6.45, 7) is 2.99. The summed E-state index contributed by atoms with van der Waals surface area (Å²) in [4.78, 5) is 78.8. The van der Waals surface area contributed by atoms with E-state index in [-0.39, 0.29) is 36.5 Å². The molecule has 6 rings (SSSR count). The fourth-order valence-corrected chi connectivity index (χ4v) is 7.49. The van der Waals surface area contributed by atoms with Crippen molar-refractivity contribution < 1.29 is 28.8 Å². The molecule has 0 fully saturated rings. The lowest BCUT2D eigenvalue weighted by molar-refractivity contribution is -0.145. The Bertz CT molecular complexity index is 2200. The van der Waals surface area contributed by atoms with Gasteiger partial charge in [0.1, 0.15) is 10.5 Å². The minimum Gasteiger partial charge on any atom is -0.292 e. The molecule has 6 aromatic carbocycles. The van der Waals surface area contributed by atoms with Crippen LogP contribution in [0, 0.1) is 0 Å². The summed E-state index contributed by atoms with van der Waals surface area (Å²) in [6.07, 6.45) is 3.42. The van der Waals surface area contributed by atoms with Crippen molar-refractivity contribution in [2.75, 3.05) is 12.5 Å². The molecule has 0 heterocycles. The van der Waals surface area contributed by atoms with E-state index in [9.17, 15) is 28.8 Å². The number of carbonyl (C=O) groups excluding carboxylic acids is 6. The lowest BCUT2D eigenvalue weighted by atomic mass is 10.0. The first-order valence-electron chi connectivity index (χ1n) is 17.9. The maximum atomic E-state index is 13.1. The van der Waals surface area contributed by atoms with Crippen LogP contribution < -0.4 is 0 Å². The van der Waals surface area contributed by atoms with E-state index in [0.717, 1.165) is 66.0 Å². The van der Waals surface area contributed by atoms with Crippen LogP contribution >= 0.6 is 23.5 Å². The molecule has 0 aliphatic rings. The van der Waals surface area contributed by atoms with Gasteiger partial charge in [0.25, 0.3) is 11.8 Å². The van der Waals surface area contributed by atoms with Crippen LogP contribution in [0.15, 0.2) is 146 Å². The first kappa shape index (κ1) is 41.3. The number of Topliss-reactive ketones (excluding diaryl/α,β-unsaturated/α-hetero) is 2. The van der Waals surface area contributed by atoms with Gasteiger partial charge in [0.05, 0.1) is 13.1 Å². The molecule has 4 amide bonds. The smallest absolute Gasteiger partial charge is 0.250 e. The highest BCUT2D eigenvalue weighted by Crippen LogP contribution is 2.24. The van der Waals surface area contributed by atoms with Gasteiger partial charge in [-0.25, -0.2) is 0 Å². The number of hydrogen-bond donors (Lipinski definition) is 0. The van der Waals surface area contributed by atoms with Crippen LogP contribution in [-0.2, 0) is 32.3 Å². The van der Waals surface area contributed by atoms with Crippen molar-refractivity contribution in [2.24, 2.45) is 0 Å². The fourth-order valence-electron chi connectivity index (χ4n) is 6.13. The quantitative estimate of drug-likeness (QED) is 0.0897. The first-order chi connectivity index (χ1) is 27.0. The summed E-state index contributed by atoms with van der Waals surface area (Å²) < 4.78 is 0. The van der Waals surface area contributed by atoms with Crippen LogP contribution in [0.2, 0.25) is 0 Å². The molecular weight excluding hydrogens is 741 g/mol. The molecule has 0 radical (unpaired) electrons. The number of amides is 4. The minimum atomic E-state index is -0.964. The van der Waals surface area contributed by atoms with E-state index in [1.807, 2.05) is 121 Å². The number of carbonyl (C=O) groups is 6. The van der Waals surface area contributed by atoms with Gasteiger partial charge in [0.15, 0.2) is 11.6 Å². The molecular formula is C46H42N2O6S2. The fraction of sp³-hybridized carbons (Fsp3) is 0.174. The molecule has 0 bridgehead atoms. The average molecular weight is 783 g/mol. The maximum absolute atomic E-state index is 13.1. The van der Waals surface area contributed by atoms with E-state index in [1.165, 1.54) is 13.8 Å². The summed E-state index contributed by atoms with van der Waals surface area (Å²) in [7, 11) is 0. The predicted molar refractivity (Wildman–Crippen MR) is 227 cm³/mol. The van der Waals surface area contributed by atoms with Gasteiger partial charge < -0.3 is 0 Å². The Morgan fingerprint density at radius 3 is 1.09 bits per heavy atom. The van der Waals surface area contributed by atoms with Crippen LogP contribution in [-0.4, -0.2) is 68.0 Å². The van der Waals surface area contributed by atoms with E-state index >= 15 is 0 Å². The van der Waals surface area contributed by atoms with Gasteiger partial charge in [-0.2, -0.15) is 0 Å². The normalized spacial score (nSPS) is 11.8. The highest BCUT2D eigenvalue weighted by Gasteiger charge is 2.34. The molecule has 0 aromatic heterocycles. The molecule has 10 heteroatoms. The number of benzene rings is 6. The zero-order valence-electron chi connectivity index (χ0n) is 31.6. The third kappa shape index (κ3) is 10.3. The zero-order valence-corrected chi connectivity index (χ0v) is 33.2.